The molecule has 1 aliphatic carbocycles. The summed E-state index contributed by atoms with van der Waals surface area (Å²) in [7, 11) is 0. The number of hydrogen-bond acceptors (Lipinski definition) is 4. The van der Waals surface area contributed by atoms with Crippen molar-refractivity contribution in [3.63, 3.8) is 0 Å². The van der Waals surface area contributed by atoms with E-state index in [9.17, 15) is 4.79 Å². The van der Waals surface area contributed by atoms with Crippen LogP contribution in [-0.4, -0.2) is 21.2 Å². The summed E-state index contributed by atoms with van der Waals surface area (Å²) in [5.74, 6) is 1.18. The molecule has 1 aromatic carbocycles. The first-order valence-corrected chi connectivity index (χ1v) is 10.8. The van der Waals surface area contributed by atoms with Gasteiger partial charge in [-0.2, -0.15) is 0 Å². The minimum atomic E-state index is -0.0179. The molecule has 0 radical (unpaired) electrons. The van der Waals surface area contributed by atoms with E-state index in [0.29, 0.717) is 30.8 Å². The normalized spacial score (nSPS) is 20.1. The molecule has 3 nitrogen and oxygen atoms in total. The fraction of sp³-hybridized carbons (Fsp3) is 0.300. The van der Waals surface area contributed by atoms with Gasteiger partial charge in [-0.1, -0.05) is 66.4 Å². The number of thiocarbonyl (C=S) groups is 1. The Morgan fingerprint density at radius 3 is 2.70 bits per heavy atom. The van der Waals surface area contributed by atoms with Crippen molar-refractivity contribution in [3.8, 4) is 11.3 Å². The second-order valence-corrected chi connectivity index (χ2v) is 9.19. The summed E-state index contributed by atoms with van der Waals surface area (Å²) in [6.07, 6.45) is 7.35. The molecule has 0 N–H and O–H groups in total. The van der Waals surface area contributed by atoms with Crippen LogP contribution in [0, 0.1) is 0 Å². The molecule has 140 valence electrons. The lowest BCUT2D eigenvalue weighted by Gasteiger charge is -2.29. The SMILES string of the molecule is O=C1C(=Cc2ccc(-c3cc(Cl)ccc3Cl)o2)SC(=S)N1C1CCCCC1. The van der Waals surface area contributed by atoms with Crippen molar-refractivity contribution in [1.29, 1.82) is 0 Å². The highest BCUT2D eigenvalue weighted by Crippen LogP contribution is 2.38. The minimum absolute atomic E-state index is 0.0179. The fourth-order valence-electron chi connectivity index (χ4n) is 3.52. The molecule has 0 spiro atoms. The van der Waals surface area contributed by atoms with Crippen molar-refractivity contribution in [3.05, 3.63) is 51.0 Å². The summed E-state index contributed by atoms with van der Waals surface area (Å²) in [4.78, 5) is 15.3. The molecule has 2 aromatic rings. The summed E-state index contributed by atoms with van der Waals surface area (Å²) in [6.45, 7) is 0. The van der Waals surface area contributed by atoms with Crippen LogP contribution in [0.2, 0.25) is 10.0 Å². The molecule has 1 saturated carbocycles. The smallest absolute Gasteiger partial charge is 0.266 e. The molecule has 1 amide bonds. The van der Waals surface area contributed by atoms with Crippen molar-refractivity contribution in [1.82, 2.24) is 4.90 Å². The molecule has 0 atom stereocenters. The van der Waals surface area contributed by atoms with E-state index in [1.165, 1.54) is 18.2 Å². The van der Waals surface area contributed by atoms with Gasteiger partial charge in [0.1, 0.15) is 15.8 Å². The third-order valence-corrected chi connectivity index (χ3v) is 6.75. The Labute approximate surface area is 177 Å². The standard InChI is InChI=1S/C20H17Cl2NO2S2/c21-12-6-8-16(22)15(10-12)17-9-7-14(25-17)11-18-19(24)23(20(26)27-18)13-4-2-1-3-5-13/h6-11,13H,1-5H2. The van der Waals surface area contributed by atoms with Gasteiger partial charge >= 0.3 is 0 Å². The Kier molecular flexibility index (Phi) is 5.65. The Balaban J connectivity index is 1.57. The maximum absolute atomic E-state index is 12.9. The maximum atomic E-state index is 12.9. The molecule has 1 saturated heterocycles. The highest BCUT2D eigenvalue weighted by Gasteiger charge is 2.37. The number of furan rings is 1. The number of hydrogen-bond donors (Lipinski definition) is 0. The zero-order valence-corrected chi connectivity index (χ0v) is 17.6. The number of benzene rings is 1. The molecule has 4 rings (SSSR count). The van der Waals surface area contributed by atoms with Crippen LogP contribution in [0.4, 0.5) is 0 Å². The van der Waals surface area contributed by atoms with Crippen LogP contribution in [-0.2, 0) is 4.79 Å². The molecular weight excluding hydrogens is 421 g/mol. The van der Waals surface area contributed by atoms with Crippen LogP contribution >= 0.6 is 47.2 Å². The quantitative estimate of drug-likeness (QED) is 0.390. The lowest BCUT2D eigenvalue weighted by molar-refractivity contribution is -0.124. The molecule has 2 aliphatic rings. The number of halogens is 2. The number of carbonyl (C=O) groups is 1. The van der Waals surface area contributed by atoms with Gasteiger partial charge in [0.05, 0.1) is 9.93 Å². The summed E-state index contributed by atoms with van der Waals surface area (Å²) >= 11 is 19.1. The van der Waals surface area contributed by atoms with Crippen molar-refractivity contribution >= 4 is 63.5 Å². The highest BCUT2D eigenvalue weighted by atomic mass is 35.5. The van der Waals surface area contributed by atoms with Gasteiger partial charge in [0.15, 0.2) is 0 Å². The summed E-state index contributed by atoms with van der Waals surface area (Å²) in [6, 6.07) is 9.10. The van der Waals surface area contributed by atoms with E-state index in [1.807, 2.05) is 12.1 Å². The van der Waals surface area contributed by atoms with Gasteiger partial charge < -0.3 is 4.42 Å². The van der Waals surface area contributed by atoms with Gasteiger partial charge in [-0.3, -0.25) is 9.69 Å². The monoisotopic (exact) mass is 437 g/mol. The zero-order chi connectivity index (χ0) is 19.0. The Morgan fingerprint density at radius 1 is 1.15 bits per heavy atom. The van der Waals surface area contributed by atoms with Crippen molar-refractivity contribution in [2.75, 3.05) is 0 Å². The zero-order valence-electron chi connectivity index (χ0n) is 14.4. The third kappa shape index (κ3) is 3.97. The van der Waals surface area contributed by atoms with E-state index < -0.39 is 0 Å². The number of amides is 1. The summed E-state index contributed by atoms with van der Waals surface area (Å²) < 4.78 is 6.53. The largest absolute Gasteiger partial charge is 0.457 e. The van der Waals surface area contributed by atoms with Crippen LogP contribution in [0.1, 0.15) is 37.9 Å². The first-order chi connectivity index (χ1) is 13.0. The lowest BCUT2D eigenvalue weighted by atomic mass is 9.94. The molecule has 1 aliphatic heterocycles. The first kappa shape index (κ1) is 19.1. The number of thioether (sulfide) groups is 1. The molecule has 0 unspecified atom stereocenters. The average molecular weight is 438 g/mol. The van der Waals surface area contributed by atoms with E-state index in [-0.39, 0.29) is 11.9 Å². The van der Waals surface area contributed by atoms with Crippen molar-refractivity contribution in [2.24, 2.45) is 0 Å². The fourth-order valence-corrected chi connectivity index (χ4v) is 5.29. The van der Waals surface area contributed by atoms with Crippen LogP contribution in [0.3, 0.4) is 0 Å². The van der Waals surface area contributed by atoms with Gasteiger partial charge in [-0.05, 0) is 43.2 Å². The molecule has 2 fully saturated rings. The molecule has 1 aromatic heterocycles. The second-order valence-electron chi connectivity index (χ2n) is 6.67. The van der Waals surface area contributed by atoms with E-state index in [4.69, 9.17) is 39.8 Å². The topological polar surface area (TPSA) is 33.5 Å². The first-order valence-electron chi connectivity index (χ1n) is 8.85. The molecule has 27 heavy (non-hydrogen) atoms. The van der Waals surface area contributed by atoms with E-state index >= 15 is 0 Å². The van der Waals surface area contributed by atoms with Crippen LogP contribution in [0.25, 0.3) is 17.4 Å². The van der Waals surface area contributed by atoms with Gasteiger partial charge in [-0.15, -0.1) is 0 Å². The summed E-state index contributed by atoms with van der Waals surface area (Å²) in [5, 5.41) is 1.14. The second kappa shape index (κ2) is 8.00. The number of rotatable bonds is 3. The predicted octanol–water partition coefficient (Wildman–Crippen LogP) is 6.79. The van der Waals surface area contributed by atoms with Gasteiger partial charge in [0, 0.05) is 22.7 Å². The van der Waals surface area contributed by atoms with Crippen LogP contribution in [0.15, 0.2) is 39.7 Å². The van der Waals surface area contributed by atoms with Gasteiger partial charge in [0.2, 0.25) is 0 Å². The maximum Gasteiger partial charge on any atom is 0.266 e. The van der Waals surface area contributed by atoms with E-state index in [1.54, 1.807) is 29.2 Å². The summed E-state index contributed by atoms with van der Waals surface area (Å²) in [5.41, 5.74) is 0.721. The van der Waals surface area contributed by atoms with E-state index in [2.05, 4.69) is 0 Å². The molecule has 0 bridgehead atoms. The lowest BCUT2D eigenvalue weighted by Crippen LogP contribution is -2.39. The van der Waals surface area contributed by atoms with Crippen LogP contribution in [0.5, 0.6) is 0 Å². The Morgan fingerprint density at radius 2 is 1.93 bits per heavy atom. The number of carbonyl (C=O) groups excluding carboxylic acids is 1. The highest BCUT2D eigenvalue weighted by molar-refractivity contribution is 8.26. The van der Waals surface area contributed by atoms with Gasteiger partial charge in [0.25, 0.3) is 5.91 Å². The van der Waals surface area contributed by atoms with Crippen molar-refractivity contribution in [2.45, 2.75) is 38.1 Å². The molecule has 7 heteroatoms. The number of nitrogens with zero attached hydrogens (tertiary/aromatic N) is 1. The van der Waals surface area contributed by atoms with Gasteiger partial charge in [-0.25, -0.2) is 0 Å². The molecular formula is C20H17Cl2NO2S2. The van der Waals surface area contributed by atoms with Crippen molar-refractivity contribution < 1.29 is 9.21 Å². The predicted molar refractivity (Wildman–Crippen MR) is 116 cm³/mol. The average Bonchev–Trinajstić information content (AvgIpc) is 3.23. The molecule has 2 heterocycles. The Bertz CT molecular complexity index is 932. The third-order valence-electron chi connectivity index (χ3n) is 4.86. The van der Waals surface area contributed by atoms with E-state index in [0.717, 1.165) is 31.2 Å². The minimum Gasteiger partial charge on any atom is -0.457 e. The Hall–Kier alpha value is -1.27. The van der Waals surface area contributed by atoms with Crippen LogP contribution < -0.4 is 0 Å².